The van der Waals surface area contributed by atoms with Crippen LogP contribution in [0.5, 0.6) is 5.75 Å². The number of nitrogens with zero attached hydrogens (tertiary/aromatic N) is 4. The van der Waals surface area contributed by atoms with E-state index < -0.39 is 0 Å². The summed E-state index contributed by atoms with van der Waals surface area (Å²) in [5.41, 5.74) is 0.940. The van der Waals surface area contributed by atoms with E-state index in [4.69, 9.17) is 14.5 Å². The van der Waals surface area contributed by atoms with Crippen LogP contribution in [0.2, 0.25) is 0 Å². The van der Waals surface area contributed by atoms with Gasteiger partial charge in [0.05, 0.1) is 6.61 Å². The van der Waals surface area contributed by atoms with Gasteiger partial charge in [0, 0.05) is 45.0 Å². The van der Waals surface area contributed by atoms with Crippen molar-refractivity contribution in [2.24, 2.45) is 12.0 Å². The molecule has 1 saturated carbocycles. The third-order valence-corrected chi connectivity index (χ3v) is 5.37. The van der Waals surface area contributed by atoms with Gasteiger partial charge in [0.1, 0.15) is 18.1 Å². The van der Waals surface area contributed by atoms with E-state index in [1.54, 1.807) is 7.11 Å². The van der Waals surface area contributed by atoms with Crippen LogP contribution in [-0.2, 0) is 18.3 Å². The van der Waals surface area contributed by atoms with Crippen molar-refractivity contribution in [2.75, 3.05) is 25.6 Å². The molecule has 0 atom stereocenters. The van der Waals surface area contributed by atoms with Crippen molar-refractivity contribution in [2.45, 2.75) is 58.0 Å². The third kappa shape index (κ3) is 8.29. The van der Waals surface area contributed by atoms with Gasteiger partial charge in [-0.2, -0.15) is 0 Å². The summed E-state index contributed by atoms with van der Waals surface area (Å²) in [6, 6.07) is 8.41. The molecule has 0 aliphatic heterocycles. The molecule has 31 heavy (non-hydrogen) atoms. The molecule has 0 spiro atoms. The van der Waals surface area contributed by atoms with Gasteiger partial charge in [0.25, 0.3) is 0 Å². The quantitative estimate of drug-likeness (QED) is 0.215. The van der Waals surface area contributed by atoms with Crippen LogP contribution < -0.4 is 15.4 Å². The minimum atomic E-state index is 0. The zero-order valence-electron chi connectivity index (χ0n) is 18.8. The SMILES string of the molecule is COCCCOc1cccc(NC(=NCc2nnc(C)n2C)NC2CCCCC2)c1.I. The average Bonchev–Trinajstić information content (AvgIpc) is 3.08. The lowest BCUT2D eigenvalue weighted by Gasteiger charge is -2.25. The number of anilines is 1. The van der Waals surface area contributed by atoms with Gasteiger partial charge in [-0.25, -0.2) is 4.99 Å². The first kappa shape index (κ1) is 25.4. The van der Waals surface area contributed by atoms with Crippen LogP contribution in [-0.4, -0.2) is 47.1 Å². The maximum absolute atomic E-state index is 5.83. The lowest BCUT2D eigenvalue weighted by molar-refractivity contribution is 0.172. The highest BCUT2D eigenvalue weighted by atomic mass is 127. The van der Waals surface area contributed by atoms with Gasteiger partial charge in [0.2, 0.25) is 0 Å². The minimum Gasteiger partial charge on any atom is -0.493 e. The predicted molar refractivity (Wildman–Crippen MR) is 134 cm³/mol. The highest BCUT2D eigenvalue weighted by Crippen LogP contribution is 2.20. The summed E-state index contributed by atoms with van der Waals surface area (Å²) in [7, 11) is 3.67. The monoisotopic (exact) mass is 542 g/mol. The number of nitrogens with one attached hydrogen (secondary N) is 2. The molecule has 1 fully saturated rings. The Hall–Kier alpha value is -1.88. The van der Waals surface area contributed by atoms with E-state index in [2.05, 4.69) is 20.8 Å². The van der Waals surface area contributed by atoms with E-state index in [9.17, 15) is 0 Å². The van der Waals surface area contributed by atoms with Gasteiger partial charge in [-0.1, -0.05) is 25.3 Å². The molecule has 0 unspecified atom stereocenters. The van der Waals surface area contributed by atoms with Crippen LogP contribution in [0, 0.1) is 6.92 Å². The topological polar surface area (TPSA) is 85.6 Å². The van der Waals surface area contributed by atoms with Crippen molar-refractivity contribution in [3.8, 4) is 5.75 Å². The first-order chi connectivity index (χ1) is 14.7. The van der Waals surface area contributed by atoms with Crippen molar-refractivity contribution in [3.63, 3.8) is 0 Å². The number of halogens is 1. The molecular formula is C22H35IN6O2. The number of ether oxygens (including phenoxy) is 2. The van der Waals surface area contributed by atoms with Gasteiger partial charge in [-0.15, -0.1) is 34.2 Å². The summed E-state index contributed by atoms with van der Waals surface area (Å²) >= 11 is 0. The normalized spacial score (nSPS) is 14.7. The first-order valence-electron chi connectivity index (χ1n) is 10.8. The van der Waals surface area contributed by atoms with Crippen LogP contribution >= 0.6 is 24.0 Å². The molecule has 0 radical (unpaired) electrons. The predicted octanol–water partition coefficient (Wildman–Crippen LogP) is 4.05. The van der Waals surface area contributed by atoms with E-state index in [-0.39, 0.29) is 24.0 Å². The number of aliphatic imine (C=N–C) groups is 1. The molecule has 172 valence electrons. The molecule has 0 saturated heterocycles. The Morgan fingerprint density at radius 2 is 2.00 bits per heavy atom. The zero-order valence-corrected chi connectivity index (χ0v) is 21.1. The average molecular weight is 542 g/mol. The molecule has 2 aromatic rings. The molecule has 0 bridgehead atoms. The molecule has 8 nitrogen and oxygen atoms in total. The van der Waals surface area contributed by atoms with Crippen molar-refractivity contribution < 1.29 is 9.47 Å². The Labute approximate surface area is 202 Å². The van der Waals surface area contributed by atoms with Crippen LogP contribution in [0.1, 0.15) is 50.2 Å². The zero-order chi connectivity index (χ0) is 21.2. The molecule has 3 rings (SSSR count). The fourth-order valence-electron chi connectivity index (χ4n) is 3.49. The number of rotatable bonds is 9. The fourth-order valence-corrected chi connectivity index (χ4v) is 3.49. The highest BCUT2D eigenvalue weighted by Gasteiger charge is 2.15. The van der Waals surface area contributed by atoms with Crippen molar-refractivity contribution in [1.29, 1.82) is 0 Å². The van der Waals surface area contributed by atoms with E-state index in [1.165, 1.54) is 32.1 Å². The largest absolute Gasteiger partial charge is 0.493 e. The minimum absolute atomic E-state index is 0. The third-order valence-electron chi connectivity index (χ3n) is 5.37. The molecule has 1 aliphatic carbocycles. The number of hydrogen-bond donors (Lipinski definition) is 2. The van der Waals surface area contributed by atoms with Crippen LogP contribution in [0.4, 0.5) is 5.69 Å². The summed E-state index contributed by atoms with van der Waals surface area (Å²) in [6.45, 7) is 3.73. The Morgan fingerprint density at radius 3 is 2.71 bits per heavy atom. The van der Waals surface area contributed by atoms with E-state index in [0.29, 0.717) is 25.8 Å². The highest BCUT2D eigenvalue weighted by molar-refractivity contribution is 14.0. The molecular weight excluding hydrogens is 507 g/mol. The molecule has 9 heteroatoms. The standard InChI is InChI=1S/C22H34N6O2.HI/c1-17-26-27-21(28(17)2)16-23-22(24-18-9-5-4-6-10-18)25-19-11-7-12-20(15-19)30-14-8-13-29-3;/h7,11-12,15,18H,4-6,8-10,13-14,16H2,1-3H3,(H2,23,24,25);1H. The van der Waals surface area contributed by atoms with Crippen LogP contribution in [0.15, 0.2) is 29.3 Å². The summed E-state index contributed by atoms with van der Waals surface area (Å²) < 4.78 is 12.9. The molecule has 2 N–H and O–H groups in total. The molecule has 0 amide bonds. The van der Waals surface area contributed by atoms with Gasteiger partial charge < -0.3 is 24.7 Å². The number of aryl methyl sites for hydroxylation is 1. The van der Waals surface area contributed by atoms with Crippen LogP contribution in [0.25, 0.3) is 0 Å². The second-order valence-electron chi connectivity index (χ2n) is 7.71. The van der Waals surface area contributed by atoms with E-state index >= 15 is 0 Å². The second-order valence-corrected chi connectivity index (χ2v) is 7.71. The fraction of sp³-hybridized carbons (Fsp3) is 0.591. The van der Waals surface area contributed by atoms with Crippen molar-refractivity contribution >= 4 is 35.6 Å². The smallest absolute Gasteiger partial charge is 0.196 e. The summed E-state index contributed by atoms with van der Waals surface area (Å²) in [5.74, 6) is 3.32. The summed E-state index contributed by atoms with van der Waals surface area (Å²) in [5, 5.41) is 15.4. The lowest BCUT2D eigenvalue weighted by Crippen LogP contribution is -2.40. The van der Waals surface area contributed by atoms with Crippen molar-refractivity contribution in [3.05, 3.63) is 35.9 Å². The van der Waals surface area contributed by atoms with Gasteiger partial charge in [-0.05, 0) is 31.9 Å². The molecule has 1 aromatic heterocycles. The Kier molecular flexibility index (Phi) is 11.1. The maximum Gasteiger partial charge on any atom is 0.196 e. The number of guanidine groups is 1. The molecule has 1 heterocycles. The van der Waals surface area contributed by atoms with E-state index in [1.807, 2.05) is 42.8 Å². The summed E-state index contributed by atoms with van der Waals surface area (Å²) in [6.07, 6.45) is 7.05. The number of methoxy groups -OCH3 is 1. The van der Waals surface area contributed by atoms with Crippen molar-refractivity contribution in [1.82, 2.24) is 20.1 Å². The Bertz CT molecular complexity index is 820. The van der Waals surface area contributed by atoms with Gasteiger partial charge >= 0.3 is 0 Å². The van der Waals surface area contributed by atoms with Gasteiger partial charge in [-0.3, -0.25) is 0 Å². The number of benzene rings is 1. The van der Waals surface area contributed by atoms with Crippen LogP contribution in [0.3, 0.4) is 0 Å². The maximum atomic E-state index is 5.83. The van der Waals surface area contributed by atoms with Gasteiger partial charge in [0.15, 0.2) is 11.8 Å². The second kappa shape index (κ2) is 13.5. The Morgan fingerprint density at radius 1 is 1.19 bits per heavy atom. The number of aromatic nitrogens is 3. The molecule has 1 aromatic carbocycles. The van der Waals surface area contributed by atoms with E-state index in [0.717, 1.165) is 35.5 Å². The Balaban J connectivity index is 0.00000341. The molecule has 1 aliphatic rings. The number of hydrogen-bond acceptors (Lipinski definition) is 5. The lowest BCUT2D eigenvalue weighted by atomic mass is 9.96. The summed E-state index contributed by atoms with van der Waals surface area (Å²) in [4.78, 5) is 4.79. The first-order valence-corrected chi connectivity index (χ1v) is 10.8.